The average molecular weight is 423 g/mol. The van der Waals surface area contributed by atoms with Crippen molar-refractivity contribution >= 4 is 29.2 Å². The minimum absolute atomic E-state index is 0.147. The molecule has 0 aliphatic heterocycles. The molecule has 2 amide bonds. The van der Waals surface area contributed by atoms with E-state index < -0.39 is 5.91 Å². The van der Waals surface area contributed by atoms with Crippen molar-refractivity contribution in [1.29, 1.82) is 0 Å². The maximum absolute atomic E-state index is 13.8. The van der Waals surface area contributed by atoms with Crippen LogP contribution in [0.5, 0.6) is 0 Å². The quantitative estimate of drug-likeness (QED) is 0.545. The largest absolute Gasteiger partial charge is 0.350 e. The molecular weight excluding hydrogens is 399 g/mol. The molecule has 6 heteroatoms. The zero-order chi connectivity index (χ0) is 21.5. The number of carbonyl (C=O) groups is 2. The van der Waals surface area contributed by atoms with Crippen molar-refractivity contribution < 1.29 is 14.0 Å². The van der Waals surface area contributed by atoms with Crippen molar-refractivity contribution in [2.45, 2.75) is 20.3 Å². The molecule has 2 N–H and O–H groups in total. The highest BCUT2D eigenvalue weighted by Gasteiger charge is 2.15. The summed E-state index contributed by atoms with van der Waals surface area (Å²) in [5.41, 5.74) is 3.25. The summed E-state index contributed by atoms with van der Waals surface area (Å²) in [6.45, 7) is 4.16. The molecular formula is C24H23FN2O2S. The van der Waals surface area contributed by atoms with Crippen LogP contribution in [0.4, 0.5) is 4.39 Å². The van der Waals surface area contributed by atoms with E-state index in [4.69, 9.17) is 0 Å². The van der Waals surface area contributed by atoms with Gasteiger partial charge in [0.1, 0.15) is 11.5 Å². The molecule has 0 saturated carbocycles. The number of carbonyl (C=O) groups excluding carboxylic acids is 2. The van der Waals surface area contributed by atoms with Gasteiger partial charge in [0.25, 0.3) is 11.8 Å². The summed E-state index contributed by atoms with van der Waals surface area (Å²) in [5.74, 6) is -1.08. The number of aryl methyl sites for hydroxylation is 2. The first kappa shape index (κ1) is 21.5. The van der Waals surface area contributed by atoms with Crippen LogP contribution in [0.15, 0.2) is 65.7 Å². The van der Waals surface area contributed by atoms with Gasteiger partial charge in [0.05, 0.1) is 0 Å². The zero-order valence-corrected chi connectivity index (χ0v) is 17.7. The lowest BCUT2D eigenvalue weighted by molar-refractivity contribution is -0.117. The van der Waals surface area contributed by atoms with Gasteiger partial charge in [-0.25, -0.2) is 4.39 Å². The van der Waals surface area contributed by atoms with Crippen LogP contribution in [0.2, 0.25) is 0 Å². The van der Waals surface area contributed by atoms with Crippen LogP contribution >= 0.6 is 11.3 Å². The number of halogens is 1. The van der Waals surface area contributed by atoms with Crippen LogP contribution < -0.4 is 10.6 Å². The second kappa shape index (κ2) is 9.98. The third-order valence-corrected chi connectivity index (χ3v) is 5.55. The number of hydrogen-bond acceptors (Lipinski definition) is 3. The van der Waals surface area contributed by atoms with Crippen molar-refractivity contribution in [3.63, 3.8) is 0 Å². The first-order valence-electron chi connectivity index (χ1n) is 9.59. The van der Waals surface area contributed by atoms with Crippen molar-refractivity contribution in [1.82, 2.24) is 10.6 Å². The van der Waals surface area contributed by atoms with Gasteiger partial charge in [-0.15, -0.1) is 11.3 Å². The van der Waals surface area contributed by atoms with E-state index in [1.807, 2.05) is 37.4 Å². The minimum atomic E-state index is -0.420. The van der Waals surface area contributed by atoms with Crippen molar-refractivity contribution in [3.05, 3.63) is 98.6 Å². The molecule has 2 aromatic carbocycles. The highest BCUT2D eigenvalue weighted by Crippen LogP contribution is 2.14. The second-order valence-corrected chi connectivity index (χ2v) is 7.90. The van der Waals surface area contributed by atoms with Gasteiger partial charge in [0.15, 0.2) is 0 Å². The van der Waals surface area contributed by atoms with Crippen LogP contribution in [0.1, 0.15) is 31.9 Å². The fraction of sp³-hybridized carbons (Fsp3) is 0.167. The van der Waals surface area contributed by atoms with Crippen LogP contribution in [-0.4, -0.2) is 18.4 Å². The maximum Gasteiger partial charge on any atom is 0.267 e. The Bertz CT molecular complexity index is 1070. The van der Waals surface area contributed by atoms with E-state index >= 15 is 0 Å². The summed E-state index contributed by atoms with van der Waals surface area (Å²) in [4.78, 5) is 26.3. The molecule has 1 aromatic heterocycles. The van der Waals surface area contributed by atoms with Gasteiger partial charge in [-0.3, -0.25) is 9.59 Å². The number of rotatable bonds is 7. The Morgan fingerprint density at radius 2 is 1.83 bits per heavy atom. The Hall–Kier alpha value is -3.25. The number of amides is 2. The Morgan fingerprint density at radius 1 is 1.03 bits per heavy atom. The number of benzene rings is 2. The van der Waals surface area contributed by atoms with E-state index in [2.05, 4.69) is 10.6 Å². The summed E-state index contributed by atoms with van der Waals surface area (Å²) in [6.07, 6.45) is 2.00. The fourth-order valence-electron chi connectivity index (χ4n) is 2.86. The lowest BCUT2D eigenvalue weighted by Gasteiger charge is -2.12. The molecule has 0 saturated heterocycles. The Labute approximate surface area is 179 Å². The topological polar surface area (TPSA) is 58.2 Å². The fourth-order valence-corrected chi connectivity index (χ4v) is 3.52. The van der Waals surface area contributed by atoms with E-state index in [1.54, 1.807) is 36.4 Å². The minimum Gasteiger partial charge on any atom is -0.350 e. The Kier molecular flexibility index (Phi) is 7.14. The SMILES string of the molecule is Cc1ccc(C(=O)N/C(=C\c2cccs2)C(=O)NCCc2ccccc2F)cc1C. The summed E-state index contributed by atoms with van der Waals surface area (Å²) in [7, 11) is 0. The molecule has 0 radical (unpaired) electrons. The smallest absolute Gasteiger partial charge is 0.267 e. The summed E-state index contributed by atoms with van der Waals surface area (Å²) in [5, 5.41) is 7.38. The van der Waals surface area contributed by atoms with Gasteiger partial charge in [0, 0.05) is 17.0 Å². The Balaban J connectivity index is 1.72. The van der Waals surface area contributed by atoms with Gasteiger partial charge in [-0.1, -0.05) is 30.3 Å². The summed E-state index contributed by atoms with van der Waals surface area (Å²) < 4.78 is 13.8. The molecule has 0 unspecified atom stereocenters. The molecule has 0 spiro atoms. The maximum atomic E-state index is 13.8. The lowest BCUT2D eigenvalue weighted by atomic mass is 10.1. The van der Waals surface area contributed by atoms with Gasteiger partial charge in [-0.05, 0) is 72.7 Å². The van der Waals surface area contributed by atoms with E-state index in [0.29, 0.717) is 17.5 Å². The number of hydrogen-bond donors (Lipinski definition) is 2. The molecule has 0 aliphatic rings. The van der Waals surface area contributed by atoms with E-state index in [1.165, 1.54) is 17.4 Å². The van der Waals surface area contributed by atoms with E-state index in [0.717, 1.165) is 16.0 Å². The van der Waals surface area contributed by atoms with Gasteiger partial charge >= 0.3 is 0 Å². The van der Waals surface area contributed by atoms with Gasteiger partial charge < -0.3 is 10.6 Å². The molecule has 0 bridgehead atoms. The molecule has 3 aromatic rings. The lowest BCUT2D eigenvalue weighted by Crippen LogP contribution is -2.35. The van der Waals surface area contributed by atoms with E-state index in [9.17, 15) is 14.0 Å². The van der Waals surface area contributed by atoms with Crippen molar-refractivity contribution in [2.24, 2.45) is 0 Å². The highest BCUT2D eigenvalue weighted by molar-refractivity contribution is 7.10. The van der Waals surface area contributed by atoms with Crippen molar-refractivity contribution in [3.8, 4) is 0 Å². The average Bonchev–Trinajstić information content (AvgIpc) is 3.24. The summed E-state index contributed by atoms with van der Waals surface area (Å²) in [6, 6.07) is 15.6. The normalized spacial score (nSPS) is 11.2. The van der Waals surface area contributed by atoms with Gasteiger partial charge in [0.2, 0.25) is 0 Å². The van der Waals surface area contributed by atoms with Crippen LogP contribution in [0, 0.1) is 19.7 Å². The molecule has 3 rings (SSSR count). The molecule has 0 aliphatic carbocycles. The predicted molar refractivity (Wildman–Crippen MR) is 119 cm³/mol. The van der Waals surface area contributed by atoms with E-state index in [-0.39, 0.29) is 24.0 Å². The van der Waals surface area contributed by atoms with Crippen molar-refractivity contribution in [2.75, 3.05) is 6.54 Å². The zero-order valence-electron chi connectivity index (χ0n) is 16.9. The van der Waals surface area contributed by atoms with Crippen LogP contribution in [0.25, 0.3) is 6.08 Å². The van der Waals surface area contributed by atoms with Gasteiger partial charge in [-0.2, -0.15) is 0 Å². The number of nitrogens with one attached hydrogen (secondary N) is 2. The Morgan fingerprint density at radius 3 is 2.53 bits per heavy atom. The molecule has 0 fully saturated rings. The third-order valence-electron chi connectivity index (χ3n) is 4.73. The first-order chi connectivity index (χ1) is 14.4. The standard InChI is InChI=1S/C24H23FN2O2S/c1-16-9-10-19(14-17(16)2)23(28)27-22(15-20-7-5-13-30-20)24(29)26-12-11-18-6-3-4-8-21(18)25/h3-10,13-15H,11-12H2,1-2H3,(H,26,29)(H,27,28)/b22-15-. The van der Waals surface area contributed by atoms with Crippen LogP contribution in [0.3, 0.4) is 0 Å². The monoisotopic (exact) mass is 422 g/mol. The highest BCUT2D eigenvalue weighted by atomic mass is 32.1. The molecule has 4 nitrogen and oxygen atoms in total. The summed E-state index contributed by atoms with van der Waals surface area (Å²) >= 11 is 1.46. The molecule has 1 heterocycles. The second-order valence-electron chi connectivity index (χ2n) is 6.92. The first-order valence-corrected chi connectivity index (χ1v) is 10.5. The molecule has 30 heavy (non-hydrogen) atoms. The molecule has 0 atom stereocenters. The predicted octanol–water partition coefficient (Wildman–Crippen LogP) is 4.63. The third kappa shape index (κ3) is 5.64. The van der Waals surface area contributed by atoms with Crippen LogP contribution in [-0.2, 0) is 11.2 Å². The molecule has 154 valence electrons. The number of thiophene rings is 1.